The van der Waals surface area contributed by atoms with Crippen molar-refractivity contribution in [1.82, 2.24) is 29.5 Å². The highest BCUT2D eigenvalue weighted by Crippen LogP contribution is 2.43. The second-order valence-corrected chi connectivity index (χ2v) is 13.6. The van der Waals surface area contributed by atoms with Crippen molar-refractivity contribution >= 4 is 28.8 Å². The van der Waals surface area contributed by atoms with Crippen molar-refractivity contribution in [3.05, 3.63) is 101 Å². The van der Waals surface area contributed by atoms with Crippen LogP contribution in [0.25, 0.3) is 17.0 Å². The first-order valence-electron chi connectivity index (χ1n) is 16.8. The normalized spacial score (nSPS) is 20.5. The van der Waals surface area contributed by atoms with Crippen LogP contribution in [-0.2, 0) is 23.2 Å². The third-order valence-electron chi connectivity index (χ3n) is 10.5. The summed E-state index contributed by atoms with van der Waals surface area (Å²) in [6.45, 7) is 6.07. The van der Waals surface area contributed by atoms with Gasteiger partial charge in [0.1, 0.15) is 18.1 Å². The topological polar surface area (TPSA) is 124 Å². The fraction of sp³-hybridized carbons (Fsp3) is 0.342. The van der Waals surface area contributed by atoms with Crippen molar-refractivity contribution in [3.8, 4) is 17.5 Å². The number of benzene rings is 2. The number of nitrogens with zero attached hydrogens (tertiary/aromatic N) is 9. The summed E-state index contributed by atoms with van der Waals surface area (Å²) in [5, 5.41) is 13.7. The van der Waals surface area contributed by atoms with Gasteiger partial charge in [0.15, 0.2) is 5.82 Å². The Kier molecular flexibility index (Phi) is 7.68. The Bertz CT molecular complexity index is 2090. The van der Waals surface area contributed by atoms with Crippen molar-refractivity contribution in [2.75, 3.05) is 44.2 Å². The highest BCUT2D eigenvalue weighted by molar-refractivity contribution is 6.16. The molecule has 2 amide bonds. The van der Waals surface area contributed by atoms with Crippen LogP contribution < -0.4 is 4.90 Å². The van der Waals surface area contributed by atoms with Gasteiger partial charge in [-0.05, 0) is 73.2 Å². The Labute approximate surface area is 285 Å². The first kappa shape index (κ1) is 30.8. The molecule has 0 unspecified atom stereocenters. The monoisotopic (exact) mass is 651 g/mol. The number of fused-ring (bicyclic) bond motifs is 1. The maximum Gasteiger partial charge on any atom is 0.237 e. The molecule has 8 rings (SSSR count). The number of aromatic nitrogens is 4. The molecule has 2 fully saturated rings. The van der Waals surface area contributed by atoms with E-state index in [0.717, 1.165) is 70.6 Å². The average Bonchev–Trinajstić information content (AvgIpc) is 3.92. The molecule has 6 heterocycles. The summed E-state index contributed by atoms with van der Waals surface area (Å²) in [5.41, 5.74) is 8.87. The van der Waals surface area contributed by atoms with Gasteiger partial charge in [0.2, 0.25) is 11.8 Å². The molecule has 1 spiro atoms. The molecule has 2 aromatic heterocycles. The zero-order valence-electron chi connectivity index (χ0n) is 27.8. The van der Waals surface area contributed by atoms with Gasteiger partial charge in [-0.25, -0.2) is 9.97 Å². The number of amides is 2. The predicted molar refractivity (Wildman–Crippen MR) is 186 cm³/mol. The number of likely N-dealkylation sites (tertiary alicyclic amines) is 1. The van der Waals surface area contributed by atoms with Crippen LogP contribution >= 0.6 is 0 Å². The minimum Gasteiger partial charge on any atom is -0.338 e. The lowest BCUT2D eigenvalue weighted by Crippen LogP contribution is -2.43. The molecule has 11 heteroatoms. The molecular weight excluding hydrogens is 614 g/mol. The summed E-state index contributed by atoms with van der Waals surface area (Å²) < 4.78 is 1.70. The van der Waals surface area contributed by atoms with Gasteiger partial charge in [-0.2, -0.15) is 10.4 Å². The van der Waals surface area contributed by atoms with Gasteiger partial charge < -0.3 is 9.80 Å². The molecule has 11 nitrogen and oxygen atoms in total. The summed E-state index contributed by atoms with van der Waals surface area (Å²) in [6.07, 6.45) is 7.90. The molecule has 4 aliphatic heterocycles. The minimum atomic E-state index is -0.462. The van der Waals surface area contributed by atoms with E-state index in [-0.39, 0.29) is 11.8 Å². The van der Waals surface area contributed by atoms with Crippen molar-refractivity contribution in [2.24, 2.45) is 17.5 Å². The van der Waals surface area contributed by atoms with Crippen LogP contribution in [0.4, 0.5) is 5.69 Å². The number of hydrogen-bond donors (Lipinski definition) is 0. The molecule has 246 valence electrons. The Morgan fingerprint density at radius 1 is 1.00 bits per heavy atom. The number of carbonyl (C=O) groups is 2. The van der Waals surface area contributed by atoms with Crippen molar-refractivity contribution in [3.63, 3.8) is 0 Å². The molecule has 49 heavy (non-hydrogen) atoms. The van der Waals surface area contributed by atoms with Crippen molar-refractivity contribution in [2.45, 2.75) is 32.7 Å². The van der Waals surface area contributed by atoms with Crippen LogP contribution in [-0.4, -0.2) is 86.3 Å². The molecule has 2 saturated heterocycles. The molecule has 0 bridgehead atoms. The number of rotatable bonds is 6. The second kappa shape index (κ2) is 12.2. The molecule has 4 aliphatic rings. The van der Waals surface area contributed by atoms with E-state index in [1.807, 2.05) is 48.0 Å². The van der Waals surface area contributed by atoms with Crippen LogP contribution in [0.3, 0.4) is 0 Å². The van der Waals surface area contributed by atoms with Gasteiger partial charge in [-0.1, -0.05) is 36.4 Å². The van der Waals surface area contributed by atoms with E-state index in [1.54, 1.807) is 17.2 Å². The van der Waals surface area contributed by atoms with Gasteiger partial charge in [0.05, 0.1) is 24.2 Å². The van der Waals surface area contributed by atoms with E-state index in [0.29, 0.717) is 50.8 Å². The maximum atomic E-state index is 14.0. The van der Waals surface area contributed by atoms with Crippen molar-refractivity contribution in [1.29, 1.82) is 5.26 Å². The Balaban J connectivity index is 0.888. The summed E-state index contributed by atoms with van der Waals surface area (Å²) in [4.78, 5) is 46.9. The zero-order valence-corrected chi connectivity index (χ0v) is 27.8. The molecule has 0 saturated carbocycles. The fourth-order valence-electron chi connectivity index (χ4n) is 7.70. The first-order chi connectivity index (χ1) is 23.8. The molecule has 4 aromatic rings. The molecule has 1 atom stereocenters. The predicted octanol–water partition coefficient (Wildman–Crippen LogP) is 4.15. The van der Waals surface area contributed by atoms with Crippen molar-refractivity contribution < 1.29 is 9.59 Å². The minimum absolute atomic E-state index is 0.115. The van der Waals surface area contributed by atoms with Crippen LogP contribution in [0, 0.1) is 23.7 Å². The Morgan fingerprint density at radius 2 is 1.82 bits per heavy atom. The molecule has 2 aromatic carbocycles. The van der Waals surface area contributed by atoms with Crippen LogP contribution in [0.5, 0.6) is 0 Å². The van der Waals surface area contributed by atoms with E-state index in [4.69, 9.17) is 4.99 Å². The first-order valence-corrected chi connectivity index (χ1v) is 16.8. The van der Waals surface area contributed by atoms with Gasteiger partial charge in [-0.15, -0.1) is 0 Å². The van der Waals surface area contributed by atoms with E-state index in [9.17, 15) is 14.9 Å². The zero-order chi connectivity index (χ0) is 33.7. The van der Waals surface area contributed by atoms with Gasteiger partial charge >= 0.3 is 0 Å². The van der Waals surface area contributed by atoms with E-state index < -0.39 is 5.41 Å². The van der Waals surface area contributed by atoms with Crippen LogP contribution in [0.1, 0.15) is 52.8 Å². The van der Waals surface area contributed by atoms with Crippen LogP contribution in [0.2, 0.25) is 0 Å². The van der Waals surface area contributed by atoms with Gasteiger partial charge in [-0.3, -0.25) is 24.2 Å². The molecular formula is C38H37N9O2. The molecule has 0 radical (unpaired) electrons. The van der Waals surface area contributed by atoms with Gasteiger partial charge in [0, 0.05) is 61.8 Å². The summed E-state index contributed by atoms with van der Waals surface area (Å²) >= 11 is 0. The number of carbonyl (C=O) groups excluding carboxylic acids is 2. The third kappa shape index (κ3) is 5.62. The summed E-state index contributed by atoms with van der Waals surface area (Å²) in [5.74, 6) is 0.967. The summed E-state index contributed by atoms with van der Waals surface area (Å²) in [6, 6.07) is 18.5. The van der Waals surface area contributed by atoms with E-state index >= 15 is 0 Å². The molecule has 0 aliphatic carbocycles. The molecule has 0 N–H and O–H groups in total. The second-order valence-electron chi connectivity index (χ2n) is 13.6. The average molecular weight is 652 g/mol. The van der Waals surface area contributed by atoms with E-state index in [2.05, 4.69) is 56.4 Å². The highest BCUT2D eigenvalue weighted by atomic mass is 16.2. The standard InChI is InChI=1S/C38H37N9O2/c1-25-17-30(21-40-33(25)19-39)35-32-18-31(8-7-29(32)20-41-35)47-16-12-38(37(47)49)11-15-45(23-38)22-34(48)46-13-9-27(10-14-46)26-3-5-28(6-4-26)36-42-24-44(2)43-36/h3-9,17-18,21,24H,10-16,20,22-23H2,1-2H3/t38-/m0/s1. The number of pyridine rings is 1. The van der Waals surface area contributed by atoms with E-state index in [1.165, 1.54) is 5.57 Å². The third-order valence-corrected chi connectivity index (χ3v) is 10.5. The number of anilines is 1. The lowest BCUT2D eigenvalue weighted by atomic mass is 9.85. The smallest absolute Gasteiger partial charge is 0.237 e. The Morgan fingerprint density at radius 3 is 2.55 bits per heavy atom. The number of nitriles is 1. The Hall–Kier alpha value is -5.47. The maximum absolute atomic E-state index is 14.0. The SMILES string of the molecule is Cc1cc(C2=NCc3ccc(N4CC[C@]5(CCN(CC(=O)N6CC=C(c7ccc(-c8ncn(C)n8)cc7)CC6)C5)C4=O)cc32)cnc1C#N. The number of aliphatic imine (C=N–C) groups is 1. The fourth-order valence-corrected chi connectivity index (χ4v) is 7.70. The summed E-state index contributed by atoms with van der Waals surface area (Å²) in [7, 11) is 1.86. The highest BCUT2D eigenvalue weighted by Gasteiger charge is 2.51. The number of hydrogen-bond acceptors (Lipinski definition) is 8. The quantitative estimate of drug-likeness (QED) is 0.307. The lowest BCUT2D eigenvalue weighted by molar-refractivity contribution is -0.132. The van der Waals surface area contributed by atoms with Crippen LogP contribution in [0.15, 0.2) is 72.1 Å². The number of aryl methyl sites for hydroxylation is 2. The largest absolute Gasteiger partial charge is 0.338 e. The van der Waals surface area contributed by atoms with Gasteiger partial charge in [0.25, 0.3) is 0 Å². The lowest BCUT2D eigenvalue weighted by Gasteiger charge is -2.29.